The molecule has 1 heterocycles. The summed E-state index contributed by atoms with van der Waals surface area (Å²) in [7, 11) is 0. The number of aromatic nitrogens is 2. The van der Waals surface area contributed by atoms with Crippen molar-refractivity contribution in [1.29, 1.82) is 0 Å². The van der Waals surface area contributed by atoms with Gasteiger partial charge in [0.05, 0.1) is 0 Å². The summed E-state index contributed by atoms with van der Waals surface area (Å²) in [6.07, 6.45) is 1.14. The van der Waals surface area contributed by atoms with Crippen LogP contribution in [0.4, 0.5) is 0 Å². The maximum absolute atomic E-state index is 4.10. The summed E-state index contributed by atoms with van der Waals surface area (Å²) in [5.41, 5.74) is 4.53. The Balaban J connectivity index is 2.03. The summed E-state index contributed by atoms with van der Waals surface area (Å²) in [5, 5.41) is 11.6. The maximum Gasteiger partial charge on any atom is 0.174 e. The first-order chi connectivity index (χ1) is 10.2. The zero-order valence-corrected chi connectivity index (χ0v) is 14.5. The molecule has 1 aromatic heterocycles. The molecular formula is C16H23N3S2. The second-order valence-electron chi connectivity index (χ2n) is 5.34. The van der Waals surface area contributed by atoms with Crippen molar-refractivity contribution in [2.75, 3.05) is 12.3 Å². The van der Waals surface area contributed by atoms with Gasteiger partial charge in [0, 0.05) is 11.8 Å². The Labute approximate surface area is 135 Å². The van der Waals surface area contributed by atoms with Crippen LogP contribution >= 0.6 is 23.1 Å². The van der Waals surface area contributed by atoms with E-state index in [1.807, 2.05) is 0 Å². The highest BCUT2D eigenvalue weighted by molar-refractivity contribution is 8.01. The Morgan fingerprint density at radius 1 is 1.19 bits per heavy atom. The van der Waals surface area contributed by atoms with Gasteiger partial charge in [-0.2, -0.15) is 0 Å². The second kappa shape index (κ2) is 8.51. The fourth-order valence-corrected chi connectivity index (χ4v) is 3.69. The van der Waals surface area contributed by atoms with Crippen LogP contribution in [0.25, 0.3) is 0 Å². The summed E-state index contributed by atoms with van der Waals surface area (Å²) < 4.78 is 1.04. The van der Waals surface area contributed by atoms with Crippen molar-refractivity contribution in [3.05, 3.63) is 40.9 Å². The van der Waals surface area contributed by atoms with Gasteiger partial charge in [0.2, 0.25) is 0 Å². The van der Waals surface area contributed by atoms with Crippen LogP contribution in [0.3, 0.4) is 0 Å². The van der Waals surface area contributed by atoms with Gasteiger partial charge in [-0.25, -0.2) is 0 Å². The van der Waals surface area contributed by atoms with Gasteiger partial charge in [-0.3, -0.25) is 0 Å². The van der Waals surface area contributed by atoms with Gasteiger partial charge in [0.15, 0.2) is 4.34 Å². The number of benzene rings is 1. The first-order valence-electron chi connectivity index (χ1n) is 7.43. The van der Waals surface area contributed by atoms with E-state index in [0.29, 0.717) is 12.0 Å². The Morgan fingerprint density at radius 3 is 2.48 bits per heavy atom. The first kappa shape index (κ1) is 16.5. The van der Waals surface area contributed by atoms with E-state index < -0.39 is 0 Å². The highest BCUT2D eigenvalue weighted by atomic mass is 32.2. The van der Waals surface area contributed by atoms with E-state index in [4.69, 9.17) is 0 Å². The van der Waals surface area contributed by atoms with Crippen LogP contribution < -0.4 is 5.32 Å². The number of hydrogen-bond donors (Lipinski definition) is 1. The van der Waals surface area contributed by atoms with Gasteiger partial charge < -0.3 is 5.32 Å². The van der Waals surface area contributed by atoms with Crippen LogP contribution in [0.5, 0.6) is 0 Å². The molecule has 1 unspecified atom stereocenters. The monoisotopic (exact) mass is 321 g/mol. The minimum Gasteiger partial charge on any atom is -0.309 e. The molecule has 0 saturated carbocycles. The van der Waals surface area contributed by atoms with Crippen LogP contribution in [0.2, 0.25) is 0 Å². The Morgan fingerprint density at radius 2 is 1.90 bits per heavy atom. The summed E-state index contributed by atoms with van der Waals surface area (Å²) in [4.78, 5) is 0. The van der Waals surface area contributed by atoms with Gasteiger partial charge in [0.1, 0.15) is 5.51 Å². The number of rotatable bonds is 8. The van der Waals surface area contributed by atoms with Crippen molar-refractivity contribution < 1.29 is 0 Å². The van der Waals surface area contributed by atoms with Gasteiger partial charge in [-0.1, -0.05) is 68.1 Å². The average molecular weight is 322 g/mol. The minimum atomic E-state index is 0.361. The SMILES string of the molecule is CCCNC(CSc1nncs1)c1ccc(C(C)C)cc1. The van der Waals surface area contributed by atoms with E-state index in [0.717, 1.165) is 23.1 Å². The summed E-state index contributed by atoms with van der Waals surface area (Å²) in [6.45, 7) is 7.69. The fourth-order valence-electron chi connectivity index (χ4n) is 2.09. The molecule has 0 aliphatic rings. The predicted molar refractivity (Wildman–Crippen MR) is 92.2 cm³/mol. The number of nitrogens with one attached hydrogen (secondary N) is 1. The Hall–Kier alpha value is -0.910. The van der Waals surface area contributed by atoms with Crippen molar-refractivity contribution in [1.82, 2.24) is 15.5 Å². The molecule has 0 fully saturated rings. The van der Waals surface area contributed by atoms with Gasteiger partial charge in [0.25, 0.3) is 0 Å². The van der Waals surface area contributed by atoms with Crippen LogP contribution in [0, 0.1) is 0 Å². The number of nitrogens with zero attached hydrogens (tertiary/aromatic N) is 2. The molecule has 21 heavy (non-hydrogen) atoms. The van der Waals surface area contributed by atoms with Crippen molar-refractivity contribution >= 4 is 23.1 Å². The quantitative estimate of drug-likeness (QED) is 0.727. The van der Waals surface area contributed by atoms with Crippen LogP contribution in [-0.4, -0.2) is 22.5 Å². The van der Waals surface area contributed by atoms with Crippen molar-refractivity contribution in [2.45, 2.75) is 43.5 Å². The molecule has 0 aliphatic heterocycles. The van der Waals surface area contributed by atoms with Crippen molar-refractivity contribution in [2.24, 2.45) is 0 Å². The summed E-state index contributed by atoms with van der Waals surface area (Å²) >= 11 is 3.38. The van der Waals surface area contributed by atoms with E-state index in [9.17, 15) is 0 Å². The molecule has 2 aromatic rings. The topological polar surface area (TPSA) is 37.8 Å². The molecule has 5 heteroatoms. The molecular weight excluding hydrogens is 298 g/mol. The lowest BCUT2D eigenvalue weighted by Gasteiger charge is -2.19. The zero-order chi connectivity index (χ0) is 15.1. The van der Waals surface area contributed by atoms with E-state index in [-0.39, 0.29) is 0 Å². The Kier molecular flexibility index (Phi) is 6.67. The van der Waals surface area contributed by atoms with E-state index in [1.165, 1.54) is 11.1 Å². The number of hydrogen-bond acceptors (Lipinski definition) is 5. The largest absolute Gasteiger partial charge is 0.309 e. The lowest BCUT2D eigenvalue weighted by molar-refractivity contribution is 0.577. The molecule has 1 N–H and O–H groups in total. The average Bonchev–Trinajstić information content (AvgIpc) is 3.01. The summed E-state index contributed by atoms with van der Waals surface area (Å²) in [5.74, 6) is 1.56. The standard InChI is InChI=1S/C16H23N3S2/c1-4-9-17-15(10-20-16-19-18-11-21-16)14-7-5-13(6-8-14)12(2)3/h5-8,11-12,15,17H,4,9-10H2,1-3H3. The second-order valence-corrected chi connectivity index (χ2v) is 7.44. The fraction of sp³-hybridized carbons (Fsp3) is 0.500. The smallest absolute Gasteiger partial charge is 0.174 e. The molecule has 0 spiro atoms. The van der Waals surface area contributed by atoms with E-state index in [2.05, 4.69) is 60.6 Å². The van der Waals surface area contributed by atoms with Crippen LogP contribution in [-0.2, 0) is 0 Å². The third kappa shape index (κ3) is 5.09. The minimum absolute atomic E-state index is 0.361. The van der Waals surface area contributed by atoms with Crippen LogP contribution in [0.1, 0.15) is 50.3 Å². The molecule has 0 amide bonds. The van der Waals surface area contributed by atoms with Gasteiger partial charge >= 0.3 is 0 Å². The van der Waals surface area contributed by atoms with Gasteiger partial charge in [-0.15, -0.1) is 10.2 Å². The predicted octanol–water partition coefficient (Wildman–Crippen LogP) is 4.49. The summed E-state index contributed by atoms with van der Waals surface area (Å²) in [6, 6.07) is 9.36. The van der Waals surface area contributed by atoms with E-state index in [1.54, 1.807) is 28.6 Å². The molecule has 0 radical (unpaired) electrons. The molecule has 0 saturated heterocycles. The number of thioether (sulfide) groups is 1. The zero-order valence-electron chi connectivity index (χ0n) is 12.9. The highest BCUT2D eigenvalue weighted by Gasteiger charge is 2.12. The lowest BCUT2D eigenvalue weighted by Crippen LogP contribution is -2.24. The third-order valence-corrected chi connectivity index (χ3v) is 5.31. The third-order valence-electron chi connectivity index (χ3n) is 3.36. The highest BCUT2D eigenvalue weighted by Crippen LogP contribution is 2.26. The molecule has 114 valence electrons. The van der Waals surface area contributed by atoms with E-state index >= 15 is 0 Å². The first-order valence-corrected chi connectivity index (χ1v) is 9.29. The molecule has 3 nitrogen and oxygen atoms in total. The molecule has 0 bridgehead atoms. The van der Waals surface area contributed by atoms with Gasteiger partial charge in [-0.05, 0) is 30.0 Å². The lowest BCUT2D eigenvalue weighted by atomic mass is 9.99. The molecule has 1 atom stereocenters. The molecule has 2 rings (SSSR count). The van der Waals surface area contributed by atoms with Crippen molar-refractivity contribution in [3.63, 3.8) is 0 Å². The van der Waals surface area contributed by atoms with Crippen molar-refractivity contribution in [3.8, 4) is 0 Å². The molecule has 0 aliphatic carbocycles. The normalized spacial score (nSPS) is 12.8. The maximum atomic E-state index is 4.10. The van der Waals surface area contributed by atoms with Crippen LogP contribution in [0.15, 0.2) is 34.1 Å². The Bertz CT molecular complexity index is 509. The molecule has 1 aromatic carbocycles.